The summed E-state index contributed by atoms with van der Waals surface area (Å²) in [6.45, 7) is 7.09. The second-order valence-corrected chi connectivity index (χ2v) is 6.92. The van der Waals surface area contributed by atoms with E-state index < -0.39 is 47.9 Å². The predicted molar refractivity (Wildman–Crippen MR) is 95.0 cm³/mol. The van der Waals surface area contributed by atoms with Gasteiger partial charge in [0.05, 0.1) is 6.04 Å². The first kappa shape index (κ1) is 21.9. The van der Waals surface area contributed by atoms with E-state index in [0.29, 0.717) is 25.8 Å². The maximum Gasteiger partial charge on any atom is 0.326 e. The van der Waals surface area contributed by atoms with Crippen molar-refractivity contribution in [3.63, 3.8) is 0 Å². The summed E-state index contributed by atoms with van der Waals surface area (Å²) in [5.41, 5.74) is 5.54. The molecule has 1 aliphatic heterocycles. The summed E-state index contributed by atoms with van der Waals surface area (Å²) in [5, 5.41) is 14.4. The topological polar surface area (TPSA) is 142 Å². The van der Waals surface area contributed by atoms with Gasteiger partial charge in [-0.1, -0.05) is 20.3 Å². The van der Waals surface area contributed by atoms with Gasteiger partial charge in [0.1, 0.15) is 18.1 Å². The molecule has 0 aromatic rings. The predicted octanol–water partition coefficient (Wildman–Crippen LogP) is -0.555. The number of rotatable bonds is 8. The van der Waals surface area contributed by atoms with Gasteiger partial charge in [0, 0.05) is 6.54 Å². The highest BCUT2D eigenvalue weighted by Crippen LogP contribution is 2.18. The molecule has 5 atom stereocenters. The quantitative estimate of drug-likeness (QED) is 0.451. The van der Waals surface area contributed by atoms with E-state index >= 15 is 0 Å². The van der Waals surface area contributed by atoms with E-state index in [-0.39, 0.29) is 5.92 Å². The second-order valence-electron chi connectivity index (χ2n) is 6.92. The summed E-state index contributed by atoms with van der Waals surface area (Å²) in [7, 11) is 0. The number of nitrogens with two attached hydrogens (primary N) is 1. The molecule has 0 saturated carbocycles. The monoisotopic (exact) mass is 370 g/mol. The largest absolute Gasteiger partial charge is 0.480 e. The van der Waals surface area contributed by atoms with Crippen molar-refractivity contribution in [2.24, 2.45) is 11.7 Å². The Kier molecular flexibility index (Phi) is 8.01. The van der Waals surface area contributed by atoms with Crippen LogP contribution in [0.3, 0.4) is 0 Å². The Balaban J connectivity index is 2.79. The molecule has 1 saturated heterocycles. The highest BCUT2D eigenvalue weighted by atomic mass is 16.4. The van der Waals surface area contributed by atoms with Crippen molar-refractivity contribution in [3.05, 3.63) is 0 Å². The lowest BCUT2D eigenvalue weighted by molar-refractivity contribution is -0.149. The minimum Gasteiger partial charge on any atom is -0.480 e. The van der Waals surface area contributed by atoms with Crippen molar-refractivity contribution in [1.29, 1.82) is 0 Å². The molecule has 1 fully saturated rings. The lowest BCUT2D eigenvalue weighted by Gasteiger charge is -2.28. The number of carboxylic acids is 1. The number of hydrogen-bond acceptors (Lipinski definition) is 5. The molecule has 26 heavy (non-hydrogen) atoms. The number of carbonyl (C=O) groups excluding carboxylic acids is 3. The van der Waals surface area contributed by atoms with Crippen molar-refractivity contribution < 1.29 is 24.3 Å². The summed E-state index contributed by atoms with van der Waals surface area (Å²) in [5.74, 6) is -2.57. The van der Waals surface area contributed by atoms with Crippen LogP contribution in [0.15, 0.2) is 0 Å². The molecule has 9 nitrogen and oxygen atoms in total. The highest BCUT2D eigenvalue weighted by molar-refractivity contribution is 5.94. The van der Waals surface area contributed by atoms with E-state index in [1.165, 1.54) is 18.7 Å². The number of aliphatic carboxylic acids is 1. The third-order valence-electron chi connectivity index (χ3n) is 4.76. The summed E-state index contributed by atoms with van der Waals surface area (Å²) >= 11 is 0. The molecule has 1 rings (SSSR count). The van der Waals surface area contributed by atoms with Crippen molar-refractivity contribution in [1.82, 2.24) is 15.5 Å². The molecule has 148 valence electrons. The number of carbonyl (C=O) groups is 4. The van der Waals surface area contributed by atoms with Crippen LogP contribution in [-0.4, -0.2) is 64.4 Å². The molecule has 9 heteroatoms. The second kappa shape index (κ2) is 9.51. The SMILES string of the molecule is CCC(C)C(NC(=O)C(C)N)C(=O)NC(C)C(=O)N1CCCC1C(=O)O. The molecule has 3 amide bonds. The molecule has 0 radical (unpaired) electrons. The Bertz CT molecular complexity index is 551. The van der Waals surface area contributed by atoms with E-state index in [9.17, 15) is 24.3 Å². The average molecular weight is 370 g/mol. The summed E-state index contributed by atoms with van der Waals surface area (Å²) in [4.78, 5) is 49.5. The Morgan fingerprint density at radius 1 is 1.15 bits per heavy atom. The Morgan fingerprint density at radius 3 is 2.27 bits per heavy atom. The fourth-order valence-corrected chi connectivity index (χ4v) is 2.89. The number of likely N-dealkylation sites (tertiary alicyclic amines) is 1. The van der Waals surface area contributed by atoms with Gasteiger partial charge >= 0.3 is 5.97 Å². The smallest absolute Gasteiger partial charge is 0.326 e. The van der Waals surface area contributed by atoms with Gasteiger partial charge in [-0.15, -0.1) is 0 Å². The standard InChI is InChI=1S/C17H30N4O5/c1-5-9(2)13(20-14(22)10(3)18)15(23)19-11(4)16(24)21-8-6-7-12(21)17(25)26/h9-13H,5-8,18H2,1-4H3,(H,19,23)(H,20,22)(H,25,26). The van der Waals surface area contributed by atoms with E-state index in [0.717, 1.165) is 0 Å². The van der Waals surface area contributed by atoms with Gasteiger partial charge in [-0.05, 0) is 32.6 Å². The first-order chi connectivity index (χ1) is 12.1. The van der Waals surface area contributed by atoms with Crippen LogP contribution >= 0.6 is 0 Å². The Morgan fingerprint density at radius 2 is 1.77 bits per heavy atom. The Hall–Kier alpha value is -2.16. The summed E-state index contributed by atoms with van der Waals surface area (Å²) in [6, 6.07) is -3.32. The minimum atomic E-state index is -1.05. The molecule has 1 heterocycles. The zero-order chi connectivity index (χ0) is 20.0. The summed E-state index contributed by atoms with van der Waals surface area (Å²) < 4.78 is 0. The van der Waals surface area contributed by atoms with E-state index in [4.69, 9.17) is 5.73 Å². The molecule has 0 spiro atoms. The summed E-state index contributed by atoms with van der Waals surface area (Å²) in [6.07, 6.45) is 1.66. The van der Waals surface area contributed by atoms with Crippen molar-refractivity contribution in [3.8, 4) is 0 Å². The van der Waals surface area contributed by atoms with E-state index in [1.807, 2.05) is 13.8 Å². The number of nitrogens with zero attached hydrogens (tertiary/aromatic N) is 1. The zero-order valence-electron chi connectivity index (χ0n) is 15.8. The van der Waals surface area contributed by atoms with Crippen LogP contribution in [0.25, 0.3) is 0 Å². The average Bonchev–Trinajstić information content (AvgIpc) is 3.07. The molecule has 1 aliphatic rings. The third kappa shape index (κ3) is 5.42. The van der Waals surface area contributed by atoms with Crippen LogP contribution in [0.5, 0.6) is 0 Å². The number of amides is 3. The zero-order valence-corrected chi connectivity index (χ0v) is 15.8. The lowest BCUT2D eigenvalue weighted by atomic mass is 9.97. The van der Waals surface area contributed by atoms with Crippen LogP contribution in [-0.2, 0) is 19.2 Å². The van der Waals surface area contributed by atoms with Crippen LogP contribution in [0.1, 0.15) is 47.0 Å². The maximum atomic E-state index is 12.6. The Labute approximate surface area is 153 Å². The number of nitrogens with one attached hydrogen (secondary N) is 2. The lowest BCUT2D eigenvalue weighted by Crippen LogP contribution is -2.57. The van der Waals surface area contributed by atoms with Gasteiger partial charge < -0.3 is 26.4 Å². The van der Waals surface area contributed by atoms with Gasteiger partial charge in [-0.25, -0.2) is 4.79 Å². The normalized spacial score (nSPS) is 21.4. The molecule has 0 bridgehead atoms. The van der Waals surface area contributed by atoms with Gasteiger partial charge in [0.25, 0.3) is 0 Å². The van der Waals surface area contributed by atoms with Gasteiger partial charge in [-0.2, -0.15) is 0 Å². The van der Waals surface area contributed by atoms with Crippen LogP contribution in [0.2, 0.25) is 0 Å². The van der Waals surface area contributed by atoms with Crippen LogP contribution < -0.4 is 16.4 Å². The van der Waals surface area contributed by atoms with Gasteiger partial charge in [-0.3, -0.25) is 14.4 Å². The first-order valence-corrected chi connectivity index (χ1v) is 8.99. The number of carboxylic acid groups (broad SMARTS) is 1. The van der Waals surface area contributed by atoms with Crippen LogP contribution in [0.4, 0.5) is 0 Å². The van der Waals surface area contributed by atoms with E-state index in [1.54, 1.807) is 0 Å². The third-order valence-corrected chi connectivity index (χ3v) is 4.76. The molecule has 5 N–H and O–H groups in total. The molecule has 0 aromatic heterocycles. The van der Waals surface area contributed by atoms with Crippen molar-refractivity contribution in [2.75, 3.05) is 6.54 Å². The van der Waals surface area contributed by atoms with E-state index in [2.05, 4.69) is 10.6 Å². The first-order valence-electron chi connectivity index (χ1n) is 8.99. The molecule has 0 aromatic carbocycles. The van der Waals surface area contributed by atoms with Crippen LogP contribution in [0, 0.1) is 5.92 Å². The minimum absolute atomic E-state index is 0.154. The molecule has 0 aliphatic carbocycles. The fourth-order valence-electron chi connectivity index (χ4n) is 2.89. The molecule has 5 unspecified atom stereocenters. The van der Waals surface area contributed by atoms with Gasteiger partial charge in [0.15, 0.2) is 0 Å². The molecular formula is C17H30N4O5. The van der Waals surface area contributed by atoms with Crippen molar-refractivity contribution in [2.45, 2.75) is 71.1 Å². The van der Waals surface area contributed by atoms with Gasteiger partial charge in [0.2, 0.25) is 17.7 Å². The maximum absolute atomic E-state index is 12.6. The molecular weight excluding hydrogens is 340 g/mol. The fraction of sp³-hybridized carbons (Fsp3) is 0.765. The van der Waals surface area contributed by atoms with Crippen molar-refractivity contribution >= 4 is 23.7 Å². The highest BCUT2D eigenvalue weighted by Gasteiger charge is 2.37. The number of hydrogen-bond donors (Lipinski definition) is 4.